The van der Waals surface area contributed by atoms with Crippen LogP contribution in [0.3, 0.4) is 0 Å². The molecule has 0 aliphatic heterocycles. The van der Waals surface area contributed by atoms with Crippen molar-refractivity contribution in [1.29, 1.82) is 0 Å². The summed E-state index contributed by atoms with van der Waals surface area (Å²) in [5.41, 5.74) is 1.22. The Bertz CT molecular complexity index is 454. The van der Waals surface area contributed by atoms with E-state index in [9.17, 15) is 4.79 Å². The van der Waals surface area contributed by atoms with Gasteiger partial charge in [0, 0.05) is 25.0 Å². The van der Waals surface area contributed by atoms with Gasteiger partial charge in [0.2, 0.25) is 0 Å². The average molecular weight is 219 g/mol. The van der Waals surface area contributed by atoms with Crippen LogP contribution in [-0.2, 0) is 0 Å². The minimum atomic E-state index is -0.00726. The molecule has 1 aromatic rings. The minimum Gasteiger partial charge on any atom is -0.362 e. The van der Waals surface area contributed by atoms with E-state index in [4.69, 9.17) is 0 Å². The Morgan fingerprint density at radius 3 is 3.00 bits per heavy atom. The first-order valence-electron chi connectivity index (χ1n) is 5.63. The fourth-order valence-corrected chi connectivity index (χ4v) is 1.54. The molecular formula is C12H17N3O. The molecule has 86 valence electrons. The number of allylic oxidation sites excluding steroid dienone is 1. The molecule has 0 atom stereocenters. The highest BCUT2D eigenvalue weighted by atomic mass is 16.1. The van der Waals surface area contributed by atoms with Gasteiger partial charge in [-0.15, -0.1) is 0 Å². The van der Waals surface area contributed by atoms with E-state index in [2.05, 4.69) is 10.3 Å². The summed E-state index contributed by atoms with van der Waals surface area (Å²) >= 11 is 0. The molecule has 0 saturated heterocycles. The second kappa shape index (κ2) is 4.51. The highest BCUT2D eigenvalue weighted by Gasteiger charge is 2.24. The van der Waals surface area contributed by atoms with E-state index in [0.29, 0.717) is 18.4 Å². The SMILES string of the molecule is CC(C)=CCNc1nccn(C2CC2)c1=O. The normalized spacial score (nSPS) is 14.6. The molecule has 0 spiro atoms. The zero-order chi connectivity index (χ0) is 11.5. The number of hydrogen-bond acceptors (Lipinski definition) is 3. The second-order valence-corrected chi connectivity index (χ2v) is 4.38. The molecule has 16 heavy (non-hydrogen) atoms. The van der Waals surface area contributed by atoms with E-state index in [0.717, 1.165) is 12.8 Å². The fourth-order valence-electron chi connectivity index (χ4n) is 1.54. The van der Waals surface area contributed by atoms with Crippen LogP contribution in [0.15, 0.2) is 28.8 Å². The molecule has 1 N–H and O–H groups in total. The van der Waals surface area contributed by atoms with Crippen LogP contribution in [0.25, 0.3) is 0 Å². The lowest BCUT2D eigenvalue weighted by atomic mass is 10.3. The lowest BCUT2D eigenvalue weighted by Crippen LogP contribution is -2.23. The number of nitrogens with one attached hydrogen (secondary N) is 1. The predicted molar refractivity (Wildman–Crippen MR) is 64.7 cm³/mol. The molecule has 1 aliphatic carbocycles. The van der Waals surface area contributed by atoms with Gasteiger partial charge >= 0.3 is 0 Å². The van der Waals surface area contributed by atoms with Gasteiger partial charge in [-0.2, -0.15) is 0 Å². The van der Waals surface area contributed by atoms with Gasteiger partial charge in [0.05, 0.1) is 0 Å². The Morgan fingerprint density at radius 1 is 1.62 bits per heavy atom. The Kier molecular flexibility index (Phi) is 3.08. The van der Waals surface area contributed by atoms with Gasteiger partial charge in [0.1, 0.15) is 0 Å². The summed E-state index contributed by atoms with van der Waals surface area (Å²) in [6.45, 7) is 4.71. The molecule has 0 bridgehead atoms. The monoisotopic (exact) mass is 219 g/mol. The van der Waals surface area contributed by atoms with Crippen molar-refractivity contribution in [2.45, 2.75) is 32.7 Å². The molecule has 1 heterocycles. The first-order valence-corrected chi connectivity index (χ1v) is 5.63. The van der Waals surface area contributed by atoms with Crippen LogP contribution in [0.1, 0.15) is 32.7 Å². The van der Waals surface area contributed by atoms with E-state index in [-0.39, 0.29) is 5.56 Å². The summed E-state index contributed by atoms with van der Waals surface area (Å²) in [7, 11) is 0. The van der Waals surface area contributed by atoms with Crippen molar-refractivity contribution in [2.75, 3.05) is 11.9 Å². The van der Waals surface area contributed by atoms with Gasteiger partial charge in [-0.25, -0.2) is 4.98 Å². The van der Waals surface area contributed by atoms with Crippen LogP contribution in [0.4, 0.5) is 5.82 Å². The summed E-state index contributed by atoms with van der Waals surface area (Å²) in [5, 5.41) is 3.05. The molecular weight excluding hydrogens is 202 g/mol. The average Bonchev–Trinajstić information content (AvgIpc) is 3.04. The largest absolute Gasteiger partial charge is 0.362 e. The number of hydrogen-bond donors (Lipinski definition) is 1. The molecule has 1 fully saturated rings. The van der Waals surface area contributed by atoms with E-state index >= 15 is 0 Å². The van der Waals surface area contributed by atoms with E-state index in [1.54, 1.807) is 17.0 Å². The summed E-state index contributed by atoms with van der Waals surface area (Å²) in [6, 6.07) is 0.402. The van der Waals surface area contributed by atoms with Crippen molar-refractivity contribution in [3.63, 3.8) is 0 Å². The van der Waals surface area contributed by atoms with Gasteiger partial charge in [-0.3, -0.25) is 4.79 Å². The molecule has 1 saturated carbocycles. The molecule has 1 aromatic heterocycles. The molecule has 4 nitrogen and oxygen atoms in total. The predicted octanol–water partition coefficient (Wildman–Crippen LogP) is 1.96. The second-order valence-electron chi connectivity index (χ2n) is 4.38. The van der Waals surface area contributed by atoms with Gasteiger partial charge < -0.3 is 9.88 Å². The van der Waals surface area contributed by atoms with Crippen molar-refractivity contribution in [3.05, 3.63) is 34.4 Å². The zero-order valence-electron chi connectivity index (χ0n) is 9.73. The molecule has 0 aromatic carbocycles. The quantitative estimate of drug-likeness (QED) is 0.787. The third-order valence-electron chi connectivity index (χ3n) is 2.59. The zero-order valence-corrected chi connectivity index (χ0v) is 9.73. The van der Waals surface area contributed by atoms with Crippen molar-refractivity contribution in [1.82, 2.24) is 9.55 Å². The lowest BCUT2D eigenvalue weighted by Gasteiger charge is -2.06. The standard InChI is InChI=1S/C12H17N3O/c1-9(2)5-6-13-11-12(16)15(8-7-14-11)10-3-4-10/h5,7-8,10H,3-4,6H2,1-2H3,(H,13,14). The molecule has 0 amide bonds. The third-order valence-corrected chi connectivity index (χ3v) is 2.59. The lowest BCUT2D eigenvalue weighted by molar-refractivity contribution is 0.700. The van der Waals surface area contributed by atoms with Crippen LogP contribution in [0.5, 0.6) is 0 Å². The van der Waals surface area contributed by atoms with Crippen LogP contribution in [0.2, 0.25) is 0 Å². The Labute approximate surface area is 95.0 Å². The molecule has 4 heteroatoms. The van der Waals surface area contributed by atoms with Crippen molar-refractivity contribution in [3.8, 4) is 0 Å². The summed E-state index contributed by atoms with van der Waals surface area (Å²) in [5.74, 6) is 0.451. The van der Waals surface area contributed by atoms with E-state index < -0.39 is 0 Å². The van der Waals surface area contributed by atoms with Gasteiger partial charge in [0.25, 0.3) is 5.56 Å². The number of rotatable bonds is 4. The Balaban J connectivity index is 2.12. The highest BCUT2D eigenvalue weighted by molar-refractivity contribution is 5.32. The maximum atomic E-state index is 11.9. The van der Waals surface area contributed by atoms with Gasteiger partial charge in [0.15, 0.2) is 5.82 Å². The van der Waals surface area contributed by atoms with Crippen LogP contribution < -0.4 is 10.9 Å². The molecule has 1 aliphatic rings. The first kappa shape index (κ1) is 10.9. The van der Waals surface area contributed by atoms with Crippen molar-refractivity contribution >= 4 is 5.82 Å². The van der Waals surface area contributed by atoms with Crippen molar-refractivity contribution < 1.29 is 0 Å². The number of nitrogens with zero attached hydrogens (tertiary/aromatic N) is 2. The Hall–Kier alpha value is -1.58. The summed E-state index contributed by atoms with van der Waals surface area (Å²) < 4.78 is 1.78. The van der Waals surface area contributed by atoms with Gasteiger partial charge in [-0.1, -0.05) is 11.6 Å². The number of aromatic nitrogens is 2. The van der Waals surface area contributed by atoms with Gasteiger partial charge in [-0.05, 0) is 26.7 Å². The van der Waals surface area contributed by atoms with E-state index in [1.165, 1.54) is 5.57 Å². The topological polar surface area (TPSA) is 46.9 Å². The fraction of sp³-hybridized carbons (Fsp3) is 0.500. The molecule has 0 unspecified atom stereocenters. The summed E-state index contributed by atoms with van der Waals surface area (Å²) in [6.07, 6.45) is 7.71. The summed E-state index contributed by atoms with van der Waals surface area (Å²) in [4.78, 5) is 16.0. The van der Waals surface area contributed by atoms with E-state index in [1.807, 2.05) is 19.9 Å². The first-order chi connectivity index (χ1) is 7.68. The molecule has 2 rings (SSSR count). The number of anilines is 1. The minimum absolute atomic E-state index is 0.00726. The van der Waals surface area contributed by atoms with Crippen LogP contribution in [-0.4, -0.2) is 16.1 Å². The third kappa shape index (κ3) is 2.51. The van der Waals surface area contributed by atoms with Crippen LogP contribution in [0, 0.1) is 0 Å². The smallest absolute Gasteiger partial charge is 0.293 e. The molecule has 0 radical (unpaired) electrons. The highest BCUT2D eigenvalue weighted by Crippen LogP contribution is 2.33. The maximum absolute atomic E-state index is 11.9. The van der Waals surface area contributed by atoms with Crippen LogP contribution >= 0.6 is 0 Å². The van der Waals surface area contributed by atoms with Crippen molar-refractivity contribution in [2.24, 2.45) is 0 Å². The maximum Gasteiger partial charge on any atom is 0.293 e. The Morgan fingerprint density at radius 2 is 2.38 bits per heavy atom.